The lowest BCUT2D eigenvalue weighted by Gasteiger charge is -2.22. The number of benzene rings is 3. The van der Waals surface area contributed by atoms with E-state index in [1.807, 2.05) is 0 Å². The number of aromatic nitrogens is 2. The first-order valence-electron chi connectivity index (χ1n) is 11.8. The minimum absolute atomic E-state index is 0.137. The lowest BCUT2D eigenvalue weighted by atomic mass is 9.84. The summed E-state index contributed by atoms with van der Waals surface area (Å²) in [5.41, 5.74) is 1.01. The number of para-hydroxylation sites is 2. The molecule has 0 saturated carbocycles. The Kier molecular flexibility index (Phi) is 6.25. The van der Waals surface area contributed by atoms with Crippen molar-refractivity contribution >= 4 is 27.8 Å². The van der Waals surface area contributed by atoms with Gasteiger partial charge < -0.3 is 19.4 Å². The van der Waals surface area contributed by atoms with Gasteiger partial charge in [-0.25, -0.2) is 8.78 Å². The number of rotatable bonds is 6. The van der Waals surface area contributed by atoms with Gasteiger partial charge in [0.25, 0.3) is 5.56 Å². The van der Waals surface area contributed by atoms with E-state index in [0.29, 0.717) is 33.1 Å². The quantitative estimate of drug-likeness (QED) is 0.309. The van der Waals surface area contributed by atoms with E-state index in [0.717, 1.165) is 18.2 Å². The van der Waals surface area contributed by atoms with Crippen molar-refractivity contribution in [3.05, 3.63) is 111 Å². The van der Waals surface area contributed by atoms with Gasteiger partial charge in [0.2, 0.25) is 0 Å². The molecule has 0 radical (unpaired) electrons. The molecule has 188 valence electrons. The number of ether oxygens (including phenoxy) is 1. The molecular formula is C29H24F2N2O4. The number of carbonyl (C=O) groups is 1. The highest BCUT2D eigenvalue weighted by Gasteiger charge is 2.33. The summed E-state index contributed by atoms with van der Waals surface area (Å²) in [7, 11) is 1.55. The van der Waals surface area contributed by atoms with Crippen molar-refractivity contribution in [2.24, 2.45) is 7.05 Å². The molecule has 37 heavy (non-hydrogen) atoms. The maximum atomic E-state index is 15.4. The van der Waals surface area contributed by atoms with Crippen LogP contribution in [0.5, 0.6) is 5.75 Å². The fourth-order valence-corrected chi connectivity index (χ4v) is 4.97. The van der Waals surface area contributed by atoms with E-state index >= 15 is 4.39 Å². The topological polar surface area (TPSA) is 84.3 Å². The average Bonchev–Trinajstić information content (AvgIpc) is 3.24. The van der Waals surface area contributed by atoms with Crippen molar-refractivity contribution in [2.75, 3.05) is 6.61 Å². The van der Waals surface area contributed by atoms with Crippen LogP contribution >= 0.6 is 0 Å². The Morgan fingerprint density at radius 1 is 1.05 bits per heavy atom. The van der Waals surface area contributed by atoms with E-state index in [1.54, 1.807) is 62.5 Å². The largest absolute Gasteiger partial charge is 0.507 e. The van der Waals surface area contributed by atoms with Gasteiger partial charge in [0.15, 0.2) is 0 Å². The molecule has 5 rings (SSSR count). The molecule has 2 N–H and O–H groups in total. The zero-order valence-electron chi connectivity index (χ0n) is 20.2. The number of H-pyrrole nitrogens is 1. The van der Waals surface area contributed by atoms with Gasteiger partial charge in [0.1, 0.15) is 17.4 Å². The molecule has 2 aromatic heterocycles. The summed E-state index contributed by atoms with van der Waals surface area (Å²) in [5.74, 6) is -3.57. The van der Waals surface area contributed by atoms with E-state index in [2.05, 4.69) is 4.98 Å². The van der Waals surface area contributed by atoms with Gasteiger partial charge in [-0.05, 0) is 48.9 Å². The van der Waals surface area contributed by atoms with Crippen LogP contribution in [0, 0.1) is 11.6 Å². The molecule has 0 bridgehead atoms. The maximum Gasteiger partial charge on any atom is 0.310 e. The molecule has 2 heterocycles. The number of aryl methyl sites for hydroxylation is 1. The highest BCUT2D eigenvalue weighted by atomic mass is 19.1. The van der Waals surface area contributed by atoms with Crippen LogP contribution in [0.15, 0.2) is 71.5 Å². The molecule has 0 aliphatic heterocycles. The first-order valence-corrected chi connectivity index (χ1v) is 11.8. The first kappa shape index (κ1) is 24.2. The van der Waals surface area contributed by atoms with Crippen LogP contribution < -0.4 is 5.56 Å². The van der Waals surface area contributed by atoms with Gasteiger partial charge >= 0.3 is 5.97 Å². The van der Waals surface area contributed by atoms with Gasteiger partial charge in [-0.1, -0.05) is 30.3 Å². The third-order valence-electron chi connectivity index (χ3n) is 6.63. The molecule has 0 spiro atoms. The summed E-state index contributed by atoms with van der Waals surface area (Å²) in [4.78, 5) is 29.5. The van der Waals surface area contributed by atoms with Crippen LogP contribution in [0.1, 0.15) is 35.2 Å². The minimum Gasteiger partial charge on any atom is -0.507 e. The van der Waals surface area contributed by atoms with Crippen molar-refractivity contribution in [2.45, 2.75) is 19.3 Å². The van der Waals surface area contributed by atoms with Crippen molar-refractivity contribution in [1.82, 2.24) is 9.55 Å². The SMILES string of the molecule is CCOC(=O)Cc1c(C(c2cc(F)ccc2F)c2c(O)c3ccccc3n(C)c2=O)[nH]c2ccccc12. The Morgan fingerprint density at radius 2 is 1.76 bits per heavy atom. The summed E-state index contributed by atoms with van der Waals surface area (Å²) < 4.78 is 36.4. The molecule has 1 unspecified atom stereocenters. The third kappa shape index (κ3) is 4.14. The fourth-order valence-electron chi connectivity index (χ4n) is 4.97. The number of nitrogens with one attached hydrogen (secondary N) is 1. The second-order valence-corrected chi connectivity index (χ2v) is 8.79. The molecule has 3 aromatic carbocycles. The molecule has 0 fully saturated rings. The summed E-state index contributed by atoms with van der Waals surface area (Å²) >= 11 is 0. The van der Waals surface area contributed by atoms with Crippen molar-refractivity contribution in [3.8, 4) is 5.75 Å². The molecule has 0 aliphatic carbocycles. The van der Waals surface area contributed by atoms with E-state index in [4.69, 9.17) is 4.74 Å². The Morgan fingerprint density at radius 3 is 2.51 bits per heavy atom. The maximum absolute atomic E-state index is 15.4. The third-order valence-corrected chi connectivity index (χ3v) is 6.63. The average molecular weight is 503 g/mol. The number of pyridine rings is 1. The standard InChI is InChI=1S/C29H24F2N2O4/c1-3-37-24(34)15-19-17-8-4-6-10-22(17)32-27(19)25(20-14-16(30)12-13-21(20)31)26-28(35)18-9-5-7-11-23(18)33(2)29(26)36/h4-14,25,32,35H,3,15H2,1-2H3. The van der Waals surface area contributed by atoms with E-state index in [9.17, 15) is 19.1 Å². The zero-order chi connectivity index (χ0) is 26.3. The smallest absolute Gasteiger partial charge is 0.310 e. The Labute approximate surface area is 210 Å². The summed E-state index contributed by atoms with van der Waals surface area (Å²) in [5, 5.41) is 12.5. The van der Waals surface area contributed by atoms with Gasteiger partial charge in [0.05, 0.1) is 30.0 Å². The molecule has 0 saturated heterocycles. The van der Waals surface area contributed by atoms with Crippen molar-refractivity contribution < 1.29 is 23.4 Å². The first-order chi connectivity index (χ1) is 17.8. The highest BCUT2D eigenvalue weighted by molar-refractivity contribution is 5.90. The van der Waals surface area contributed by atoms with Gasteiger partial charge in [-0.2, -0.15) is 0 Å². The Hall–Kier alpha value is -4.46. The molecule has 8 heteroatoms. The zero-order valence-corrected chi connectivity index (χ0v) is 20.2. The van der Waals surface area contributed by atoms with Gasteiger partial charge in [-0.15, -0.1) is 0 Å². The van der Waals surface area contributed by atoms with Crippen molar-refractivity contribution in [1.29, 1.82) is 0 Å². The molecule has 0 amide bonds. The van der Waals surface area contributed by atoms with Crippen LogP contribution in [0.4, 0.5) is 8.78 Å². The van der Waals surface area contributed by atoms with E-state index < -0.39 is 29.1 Å². The summed E-state index contributed by atoms with van der Waals surface area (Å²) in [6.07, 6.45) is -0.171. The van der Waals surface area contributed by atoms with Crippen LogP contribution in [-0.2, 0) is 23.0 Å². The molecule has 5 aromatic rings. The lowest BCUT2D eigenvalue weighted by molar-refractivity contribution is -0.142. The van der Waals surface area contributed by atoms with Gasteiger partial charge in [0, 0.05) is 34.6 Å². The van der Waals surface area contributed by atoms with Crippen LogP contribution in [0.25, 0.3) is 21.8 Å². The molecule has 0 aliphatic rings. The number of nitrogens with zero attached hydrogens (tertiary/aromatic N) is 1. The Balaban J connectivity index is 1.90. The number of hydrogen-bond acceptors (Lipinski definition) is 4. The number of hydrogen-bond donors (Lipinski definition) is 2. The molecular weight excluding hydrogens is 478 g/mol. The van der Waals surface area contributed by atoms with E-state index in [-0.39, 0.29) is 29.9 Å². The highest BCUT2D eigenvalue weighted by Crippen LogP contribution is 2.42. The second-order valence-electron chi connectivity index (χ2n) is 8.79. The summed E-state index contributed by atoms with van der Waals surface area (Å²) in [6.45, 7) is 1.86. The van der Waals surface area contributed by atoms with E-state index in [1.165, 1.54) is 4.57 Å². The second kappa shape index (κ2) is 9.54. The number of halogens is 2. The lowest BCUT2D eigenvalue weighted by Crippen LogP contribution is -2.26. The predicted octanol–water partition coefficient (Wildman–Crippen LogP) is 5.29. The fraction of sp³-hybridized carbons (Fsp3) is 0.172. The van der Waals surface area contributed by atoms with Crippen LogP contribution in [-0.4, -0.2) is 27.2 Å². The van der Waals surface area contributed by atoms with Gasteiger partial charge in [-0.3, -0.25) is 9.59 Å². The van der Waals surface area contributed by atoms with Crippen LogP contribution in [0.2, 0.25) is 0 Å². The number of esters is 1. The Bertz CT molecular complexity index is 1720. The number of fused-ring (bicyclic) bond motifs is 2. The number of carbonyl (C=O) groups excluding carboxylic acids is 1. The minimum atomic E-state index is -1.25. The predicted molar refractivity (Wildman–Crippen MR) is 137 cm³/mol. The van der Waals surface area contributed by atoms with Crippen molar-refractivity contribution in [3.63, 3.8) is 0 Å². The van der Waals surface area contributed by atoms with Crippen LogP contribution in [0.3, 0.4) is 0 Å². The monoisotopic (exact) mass is 502 g/mol. The number of aromatic hydroxyl groups is 1. The summed E-state index contributed by atoms with van der Waals surface area (Å²) in [6, 6.07) is 16.9. The normalized spacial score (nSPS) is 12.2. The molecule has 1 atom stereocenters. The molecule has 6 nitrogen and oxygen atoms in total. The number of aromatic amines is 1.